The molecular weight excluding hydrogens is 318 g/mol. The summed E-state index contributed by atoms with van der Waals surface area (Å²) in [4.78, 5) is 13.1. The lowest BCUT2D eigenvalue weighted by Gasteiger charge is -2.08. The first kappa shape index (κ1) is 15.3. The number of hydrogen-bond acceptors (Lipinski definition) is 6. The van der Waals surface area contributed by atoms with E-state index in [1.165, 1.54) is 0 Å². The maximum atomic E-state index is 8.84. The zero-order valence-corrected chi connectivity index (χ0v) is 13.7. The predicted octanol–water partition coefficient (Wildman–Crippen LogP) is 2.63. The average molecular weight is 335 g/mol. The summed E-state index contributed by atoms with van der Waals surface area (Å²) in [6.07, 6.45) is 6.94. The molecule has 0 amide bonds. The van der Waals surface area contributed by atoms with Crippen LogP contribution in [-0.2, 0) is 7.05 Å². The summed E-state index contributed by atoms with van der Waals surface area (Å²) >= 11 is 0. The van der Waals surface area contributed by atoms with Gasteiger partial charge in [-0.1, -0.05) is 0 Å². The molecule has 7 nitrogen and oxygen atoms in total. The van der Waals surface area contributed by atoms with E-state index in [4.69, 9.17) is 14.8 Å². The van der Waals surface area contributed by atoms with Crippen molar-refractivity contribution in [3.8, 4) is 5.75 Å². The van der Waals surface area contributed by atoms with Crippen LogP contribution in [-0.4, -0.2) is 37.8 Å². The molecule has 0 saturated carbocycles. The fourth-order valence-corrected chi connectivity index (χ4v) is 2.86. The van der Waals surface area contributed by atoms with Gasteiger partial charge in [0, 0.05) is 36.3 Å². The normalized spacial score (nSPS) is 11.1. The van der Waals surface area contributed by atoms with E-state index in [1.54, 1.807) is 18.6 Å². The molecule has 126 valence electrons. The number of rotatable bonds is 5. The van der Waals surface area contributed by atoms with Crippen LogP contribution in [0, 0.1) is 0 Å². The zero-order valence-electron chi connectivity index (χ0n) is 13.7. The molecule has 0 aliphatic rings. The van der Waals surface area contributed by atoms with Crippen LogP contribution >= 0.6 is 0 Å². The van der Waals surface area contributed by atoms with Gasteiger partial charge in [0.2, 0.25) is 0 Å². The third-order valence-corrected chi connectivity index (χ3v) is 3.99. The number of aromatic nitrogens is 4. The number of anilines is 2. The highest BCUT2D eigenvalue weighted by atomic mass is 16.5. The maximum absolute atomic E-state index is 8.84. The van der Waals surface area contributed by atoms with E-state index in [2.05, 4.69) is 19.9 Å². The minimum Gasteiger partial charge on any atom is -0.490 e. The molecule has 0 bridgehead atoms. The molecule has 0 spiro atoms. The monoisotopic (exact) mass is 335 g/mol. The molecule has 0 unspecified atom stereocenters. The Morgan fingerprint density at radius 2 is 2.04 bits per heavy atom. The van der Waals surface area contributed by atoms with E-state index in [0.717, 1.165) is 27.6 Å². The van der Waals surface area contributed by atoms with Gasteiger partial charge < -0.3 is 19.7 Å². The van der Waals surface area contributed by atoms with Crippen molar-refractivity contribution in [2.24, 2.45) is 7.05 Å². The Balaban J connectivity index is 1.68. The molecule has 25 heavy (non-hydrogen) atoms. The second-order valence-electron chi connectivity index (χ2n) is 5.63. The lowest BCUT2D eigenvalue weighted by Crippen LogP contribution is -2.02. The van der Waals surface area contributed by atoms with Crippen molar-refractivity contribution in [1.82, 2.24) is 19.5 Å². The number of nitrogens with one attached hydrogen (secondary N) is 1. The first-order valence-corrected chi connectivity index (χ1v) is 7.91. The van der Waals surface area contributed by atoms with Crippen molar-refractivity contribution in [2.75, 3.05) is 18.5 Å². The van der Waals surface area contributed by atoms with Gasteiger partial charge in [-0.3, -0.25) is 9.97 Å². The third-order valence-electron chi connectivity index (χ3n) is 3.99. The number of ether oxygens (including phenoxy) is 1. The van der Waals surface area contributed by atoms with Gasteiger partial charge in [0.15, 0.2) is 0 Å². The van der Waals surface area contributed by atoms with E-state index in [9.17, 15) is 0 Å². The summed E-state index contributed by atoms with van der Waals surface area (Å²) in [5.41, 5.74) is 2.74. The van der Waals surface area contributed by atoms with E-state index in [-0.39, 0.29) is 13.2 Å². The Labute approximate surface area is 143 Å². The van der Waals surface area contributed by atoms with Crippen molar-refractivity contribution in [2.45, 2.75) is 0 Å². The van der Waals surface area contributed by atoms with E-state index >= 15 is 0 Å². The number of aryl methyl sites for hydroxylation is 1. The molecule has 0 atom stereocenters. The molecule has 4 heterocycles. The molecule has 4 aromatic rings. The zero-order chi connectivity index (χ0) is 17.2. The van der Waals surface area contributed by atoms with Crippen LogP contribution in [0.25, 0.3) is 21.9 Å². The van der Waals surface area contributed by atoms with E-state index < -0.39 is 0 Å². The van der Waals surface area contributed by atoms with E-state index in [1.807, 2.05) is 37.5 Å². The van der Waals surface area contributed by atoms with Gasteiger partial charge in [-0.05, 0) is 18.2 Å². The van der Waals surface area contributed by atoms with Crippen molar-refractivity contribution < 1.29 is 9.84 Å². The van der Waals surface area contributed by atoms with Gasteiger partial charge in [-0.25, -0.2) is 4.98 Å². The summed E-state index contributed by atoms with van der Waals surface area (Å²) in [6, 6.07) is 7.76. The van der Waals surface area contributed by atoms with Gasteiger partial charge in [0.1, 0.15) is 23.8 Å². The Hall–Kier alpha value is -3.19. The Morgan fingerprint density at radius 3 is 2.92 bits per heavy atom. The van der Waals surface area contributed by atoms with Crippen molar-refractivity contribution >= 4 is 33.4 Å². The lowest BCUT2D eigenvalue weighted by atomic mass is 10.2. The van der Waals surface area contributed by atoms with Crippen LogP contribution in [0.5, 0.6) is 5.75 Å². The van der Waals surface area contributed by atoms with Gasteiger partial charge >= 0.3 is 0 Å². The molecule has 2 N–H and O–H groups in total. The largest absolute Gasteiger partial charge is 0.490 e. The van der Waals surface area contributed by atoms with Gasteiger partial charge in [0.25, 0.3) is 0 Å². The summed E-state index contributed by atoms with van der Waals surface area (Å²) in [6.45, 7) is 0.200. The summed E-state index contributed by atoms with van der Waals surface area (Å²) < 4.78 is 7.43. The highest BCUT2D eigenvalue weighted by molar-refractivity contribution is 6.06. The van der Waals surface area contributed by atoms with Crippen molar-refractivity contribution in [1.29, 1.82) is 0 Å². The fourth-order valence-electron chi connectivity index (χ4n) is 2.86. The molecule has 0 saturated heterocycles. The van der Waals surface area contributed by atoms with Crippen LogP contribution < -0.4 is 10.1 Å². The molecule has 7 heteroatoms. The Kier molecular flexibility index (Phi) is 3.91. The van der Waals surface area contributed by atoms with Gasteiger partial charge in [-0.2, -0.15) is 0 Å². The minimum absolute atomic E-state index is 0.0359. The van der Waals surface area contributed by atoms with Crippen LogP contribution in [0.15, 0.2) is 49.1 Å². The summed E-state index contributed by atoms with van der Waals surface area (Å²) in [7, 11) is 1.99. The van der Waals surface area contributed by atoms with Crippen molar-refractivity contribution in [3.05, 3.63) is 49.1 Å². The number of pyridine rings is 3. The van der Waals surface area contributed by atoms with Crippen LogP contribution in [0.2, 0.25) is 0 Å². The van der Waals surface area contributed by atoms with Crippen LogP contribution in [0.3, 0.4) is 0 Å². The summed E-state index contributed by atoms with van der Waals surface area (Å²) in [5, 5.41) is 14.2. The molecule has 0 aliphatic carbocycles. The third kappa shape index (κ3) is 2.85. The molecular formula is C18H17N5O2. The summed E-state index contributed by atoms with van der Waals surface area (Å²) in [5.74, 6) is 1.31. The smallest absolute Gasteiger partial charge is 0.143 e. The standard InChI is InChI=1S/C18H17N5O2/c1-23-16-4-5-19-11-15(16)14-2-3-17(22-18(14)23)21-12-8-13(10-20-9-12)25-7-6-24/h2-5,8-11,24H,6-7H2,1H3,(H,21,22). The quantitative estimate of drug-likeness (QED) is 0.583. The molecule has 0 aliphatic heterocycles. The average Bonchev–Trinajstić information content (AvgIpc) is 2.93. The first-order valence-electron chi connectivity index (χ1n) is 7.91. The second-order valence-corrected chi connectivity index (χ2v) is 5.63. The Morgan fingerprint density at radius 1 is 1.12 bits per heavy atom. The molecule has 0 radical (unpaired) electrons. The highest BCUT2D eigenvalue weighted by Gasteiger charge is 2.10. The first-order chi connectivity index (χ1) is 12.3. The van der Waals surface area contributed by atoms with E-state index in [0.29, 0.717) is 11.6 Å². The Bertz CT molecular complexity index is 1040. The fraction of sp³-hybridized carbons (Fsp3) is 0.167. The minimum atomic E-state index is -0.0359. The topological polar surface area (TPSA) is 85.1 Å². The molecule has 4 rings (SSSR count). The maximum Gasteiger partial charge on any atom is 0.143 e. The number of nitrogens with zero attached hydrogens (tertiary/aromatic N) is 4. The van der Waals surface area contributed by atoms with Crippen LogP contribution in [0.4, 0.5) is 11.5 Å². The molecule has 4 aromatic heterocycles. The lowest BCUT2D eigenvalue weighted by molar-refractivity contribution is 0.201. The second kappa shape index (κ2) is 6.37. The predicted molar refractivity (Wildman–Crippen MR) is 96.1 cm³/mol. The SMILES string of the molecule is Cn1c2ccncc2c2ccc(Nc3cncc(OCCO)c3)nc21. The number of aliphatic hydroxyl groups excluding tert-OH is 1. The number of aliphatic hydroxyl groups is 1. The number of fused-ring (bicyclic) bond motifs is 3. The van der Waals surface area contributed by atoms with Gasteiger partial charge in [-0.15, -0.1) is 0 Å². The van der Waals surface area contributed by atoms with Gasteiger partial charge in [0.05, 0.1) is 30.2 Å². The van der Waals surface area contributed by atoms with Crippen LogP contribution in [0.1, 0.15) is 0 Å². The molecule has 0 fully saturated rings. The molecule has 0 aromatic carbocycles. The van der Waals surface area contributed by atoms with Crippen molar-refractivity contribution in [3.63, 3.8) is 0 Å². The highest BCUT2D eigenvalue weighted by Crippen LogP contribution is 2.28. The number of hydrogen-bond donors (Lipinski definition) is 2.